The van der Waals surface area contributed by atoms with E-state index in [0.29, 0.717) is 0 Å². The topological polar surface area (TPSA) is 0 Å². The van der Waals surface area contributed by atoms with Crippen molar-refractivity contribution in [2.24, 2.45) is 5.92 Å². The number of rotatable bonds is 2. The molecule has 0 amide bonds. The third kappa shape index (κ3) is 1.50. The van der Waals surface area contributed by atoms with Crippen molar-refractivity contribution in [2.45, 2.75) is 33.6 Å². The van der Waals surface area contributed by atoms with E-state index in [1.165, 1.54) is 18.4 Å². The highest BCUT2D eigenvalue weighted by molar-refractivity contribution is 5.32. The van der Waals surface area contributed by atoms with E-state index < -0.39 is 0 Å². The van der Waals surface area contributed by atoms with Crippen LogP contribution in [0.3, 0.4) is 0 Å². The van der Waals surface area contributed by atoms with Gasteiger partial charge in [0.25, 0.3) is 0 Å². The van der Waals surface area contributed by atoms with E-state index >= 15 is 0 Å². The molecule has 0 spiro atoms. The zero-order valence-corrected chi connectivity index (χ0v) is 7.15. The molecule has 56 valence electrons. The third-order valence-corrected chi connectivity index (χ3v) is 2.12. The second-order valence-corrected chi connectivity index (χ2v) is 3.21. The maximum atomic E-state index is 2.35. The monoisotopic (exact) mass is 136 g/mol. The Morgan fingerprint density at radius 1 is 1.50 bits per heavy atom. The summed E-state index contributed by atoms with van der Waals surface area (Å²) in [6.07, 6.45) is 7.08. The lowest BCUT2D eigenvalue weighted by molar-refractivity contribution is 0.753. The maximum Gasteiger partial charge on any atom is -0.0127 e. The van der Waals surface area contributed by atoms with Crippen LogP contribution in [0.1, 0.15) is 33.6 Å². The van der Waals surface area contributed by atoms with Crippen molar-refractivity contribution < 1.29 is 0 Å². The van der Waals surface area contributed by atoms with Gasteiger partial charge in [-0.05, 0) is 18.8 Å². The van der Waals surface area contributed by atoms with E-state index in [9.17, 15) is 0 Å². The summed E-state index contributed by atoms with van der Waals surface area (Å²) in [5.74, 6) is 0.736. The third-order valence-electron chi connectivity index (χ3n) is 2.12. The van der Waals surface area contributed by atoms with Gasteiger partial charge >= 0.3 is 0 Å². The molecule has 0 atom stereocenters. The molecule has 0 N–H and O–H groups in total. The van der Waals surface area contributed by atoms with Gasteiger partial charge in [0.05, 0.1) is 0 Å². The van der Waals surface area contributed by atoms with Crippen molar-refractivity contribution in [1.29, 1.82) is 0 Å². The van der Waals surface area contributed by atoms with Crippen LogP contribution in [0, 0.1) is 5.92 Å². The van der Waals surface area contributed by atoms with Crippen LogP contribution in [0.4, 0.5) is 0 Å². The molecule has 0 saturated heterocycles. The van der Waals surface area contributed by atoms with Crippen molar-refractivity contribution in [3.8, 4) is 0 Å². The summed E-state index contributed by atoms with van der Waals surface area (Å²) in [6, 6.07) is 0. The van der Waals surface area contributed by atoms with Crippen molar-refractivity contribution in [2.75, 3.05) is 0 Å². The molecule has 0 aromatic rings. The molecule has 0 fully saturated rings. The Hall–Kier alpha value is -0.520. The molecule has 0 aromatic carbocycles. The van der Waals surface area contributed by atoms with Crippen LogP contribution in [0.2, 0.25) is 0 Å². The summed E-state index contributed by atoms with van der Waals surface area (Å²) < 4.78 is 0. The molecule has 1 rings (SSSR count). The minimum absolute atomic E-state index is 0.736. The van der Waals surface area contributed by atoms with Crippen LogP contribution in [0.15, 0.2) is 23.3 Å². The smallest absolute Gasteiger partial charge is 0.0127 e. The van der Waals surface area contributed by atoms with Crippen LogP contribution in [-0.4, -0.2) is 0 Å². The van der Waals surface area contributed by atoms with Crippen molar-refractivity contribution in [3.63, 3.8) is 0 Å². The molecule has 0 aromatic heterocycles. The highest BCUT2D eigenvalue weighted by atomic mass is 14.1. The summed E-state index contributed by atoms with van der Waals surface area (Å²) >= 11 is 0. The van der Waals surface area contributed by atoms with Gasteiger partial charge in [0.2, 0.25) is 0 Å². The Kier molecular flexibility index (Phi) is 2.31. The molecule has 0 nitrogen and oxygen atoms in total. The zero-order chi connectivity index (χ0) is 7.56. The van der Waals surface area contributed by atoms with E-state index in [-0.39, 0.29) is 0 Å². The summed E-state index contributed by atoms with van der Waals surface area (Å²) in [6.45, 7) is 6.74. The van der Waals surface area contributed by atoms with Gasteiger partial charge in [-0.15, -0.1) is 0 Å². The van der Waals surface area contributed by atoms with E-state index in [4.69, 9.17) is 0 Å². The molecule has 10 heavy (non-hydrogen) atoms. The van der Waals surface area contributed by atoms with Crippen LogP contribution in [0.5, 0.6) is 0 Å². The highest BCUT2D eigenvalue weighted by Crippen LogP contribution is 2.24. The van der Waals surface area contributed by atoms with Gasteiger partial charge in [-0.25, -0.2) is 0 Å². The average molecular weight is 136 g/mol. The van der Waals surface area contributed by atoms with Gasteiger partial charge in [-0.2, -0.15) is 0 Å². The lowest BCUT2D eigenvalue weighted by Crippen LogP contribution is -1.88. The van der Waals surface area contributed by atoms with Gasteiger partial charge in [0.15, 0.2) is 0 Å². The molecule has 1 aliphatic carbocycles. The summed E-state index contributed by atoms with van der Waals surface area (Å²) in [4.78, 5) is 0. The predicted octanol–water partition coefficient (Wildman–Crippen LogP) is 3.31. The van der Waals surface area contributed by atoms with Crippen LogP contribution < -0.4 is 0 Å². The normalized spacial score (nSPS) is 17.6. The predicted molar refractivity (Wildman–Crippen MR) is 45.9 cm³/mol. The molecule has 0 radical (unpaired) electrons. The Labute approximate surface area is 63.6 Å². The van der Waals surface area contributed by atoms with Crippen molar-refractivity contribution >= 4 is 0 Å². The minimum Gasteiger partial charge on any atom is -0.0772 e. The second kappa shape index (κ2) is 3.05. The molecule has 0 bridgehead atoms. The van der Waals surface area contributed by atoms with E-state index in [0.717, 1.165) is 5.92 Å². The number of hydrogen-bond donors (Lipinski definition) is 0. The van der Waals surface area contributed by atoms with Crippen molar-refractivity contribution in [3.05, 3.63) is 23.3 Å². The largest absolute Gasteiger partial charge is 0.0772 e. The lowest BCUT2D eigenvalue weighted by atomic mass is 10.0. The maximum absolute atomic E-state index is 2.35. The fourth-order valence-corrected chi connectivity index (χ4v) is 1.25. The molecule has 0 saturated carbocycles. The fraction of sp³-hybridized carbons (Fsp3) is 0.600. The van der Waals surface area contributed by atoms with Crippen LogP contribution in [0.25, 0.3) is 0 Å². The summed E-state index contributed by atoms with van der Waals surface area (Å²) in [5.41, 5.74) is 3.11. The van der Waals surface area contributed by atoms with Gasteiger partial charge < -0.3 is 0 Å². The Morgan fingerprint density at radius 2 is 2.20 bits per heavy atom. The second-order valence-electron chi connectivity index (χ2n) is 3.21. The molecular formula is C10H16. The van der Waals surface area contributed by atoms with Crippen LogP contribution >= 0.6 is 0 Å². The Balaban J connectivity index is 2.57. The van der Waals surface area contributed by atoms with Gasteiger partial charge in [-0.1, -0.05) is 44.1 Å². The molecule has 1 aliphatic rings. The quantitative estimate of drug-likeness (QED) is 0.546. The molecule has 0 unspecified atom stereocenters. The van der Waals surface area contributed by atoms with Gasteiger partial charge in [-0.3, -0.25) is 0 Å². The zero-order valence-electron chi connectivity index (χ0n) is 7.15. The summed E-state index contributed by atoms with van der Waals surface area (Å²) in [5, 5.41) is 0. The van der Waals surface area contributed by atoms with Gasteiger partial charge in [0, 0.05) is 0 Å². The first-order valence-electron chi connectivity index (χ1n) is 4.13. The number of hydrogen-bond acceptors (Lipinski definition) is 0. The van der Waals surface area contributed by atoms with Gasteiger partial charge in [0.1, 0.15) is 0 Å². The molecule has 0 heteroatoms. The highest BCUT2D eigenvalue weighted by Gasteiger charge is 2.07. The van der Waals surface area contributed by atoms with Crippen LogP contribution in [-0.2, 0) is 0 Å². The minimum atomic E-state index is 0.736. The van der Waals surface area contributed by atoms with E-state index in [2.05, 4.69) is 32.9 Å². The molecular weight excluding hydrogens is 120 g/mol. The first-order valence-corrected chi connectivity index (χ1v) is 4.13. The van der Waals surface area contributed by atoms with E-state index in [1.54, 1.807) is 5.57 Å². The first kappa shape index (κ1) is 7.59. The van der Waals surface area contributed by atoms with Crippen molar-refractivity contribution in [1.82, 2.24) is 0 Å². The fourth-order valence-electron chi connectivity index (χ4n) is 1.25. The standard InChI is InChI=1S/C10H16/c1-4-9-5-6-10(7-9)8(2)3/h5,7-8H,4,6H2,1-3H3. The lowest BCUT2D eigenvalue weighted by Gasteiger charge is -2.03. The Bertz CT molecular complexity index is 170. The SMILES string of the molecule is CCC1=CCC(C(C)C)=C1. The Morgan fingerprint density at radius 3 is 2.50 bits per heavy atom. The average Bonchev–Trinajstić information content (AvgIpc) is 2.34. The summed E-state index contributed by atoms with van der Waals surface area (Å²) in [7, 11) is 0. The molecule has 0 heterocycles. The first-order chi connectivity index (χ1) is 4.74. The number of allylic oxidation sites excluding steroid dienone is 4. The van der Waals surface area contributed by atoms with E-state index in [1.807, 2.05) is 0 Å². The molecule has 0 aliphatic heterocycles.